The minimum atomic E-state index is -0.654. The van der Waals surface area contributed by atoms with Gasteiger partial charge in [-0.25, -0.2) is 4.79 Å². The quantitative estimate of drug-likeness (QED) is 0.794. The Morgan fingerprint density at radius 2 is 1.88 bits per heavy atom. The summed E-state index contributed by atoms with van der Waals surface area (Å²) in [5.41, 5.74) is 1.31. The van der Waals surface area contributed by atoms with Gasteiger partial charge in [0.15, 0.2) is 11.5 Å². The smallest absolute Gasteiger partial charge is 0.338 e. The van der Waals surface area contributed by atoms with E-state index in [-0.39, 0.29) is 5.97 Å². The molecule has 0 radical (unpaired) electrons. The van der Waals surface area contributed by atoms with Crippen molar-refractivity contribution in [3.05, 3.63) is 23.3 Å². The van der Waals surface area contributed by atoms with Crippen LogP contribution in [0.3, 0.4) is 0 Å². The molecule has 1 saturated carbocycles. The zero-order valence-electron chi connectivity index (χ0n) is 15.2. The number of carbonyl (C=O) groups is 1. The number of hydrogen-bond donors (Lipinski definition) is 0. The third-order valence-corrected chi connectivity index (χ3v) is 5.56. The van der Waals surface area contributed by atoms with Gasteiger partial charge in [-0.15, -0.1) is 0 Å². The van der Waals surface area contributed by atoms with E-state index in [4.69, 9.17) is 14.2 Å². The second-order valence-electron chi connectivity index (χ2n) is 7.25. The third kappa shape index (κ3) is 2.86. The zero-order chi connectivity index (χ0) is 17.5. The number of fused-ring (bicyclic) bond motifs is 1. The molecule has 1 heterocycles. The van der Waals surface area contributed by atoms with E-state index in [0.29, 0.717) is 23.3 Å². The van der Waals surface area contributed by atoms with Crippen molar-refractivity contribution >= 4 is 5.97 Å². The van der Waals surface area contributed by atoms with Gasteiger partial charge in [0.1, 0.15) is 0 Å². The Labute approximate surface area is 143 Å². The molecule has 0 bridgehead atoms. The number of hydrogen-bond acceptors (Lipinski definition) is 5. The summed E-state index contributed by atoms with van der Waals surface area (Å²) >= 11 is 0. The van der Waals surface area contributed by atoms with Crippen molar-refractivity contribution < 1.29 is 19.0 Å². The number of methoxy groups -OCH3 is 1. The van der Waals surface area contributed by atoms with Crippen molar-refractivity contribution in [3.63, 3.8) is 0 Å². The molecule has 0 spiro atoms. The fourth-order valence-corrected chi connectivity index (χ4v) is 3.93. The number of rotatable bonds is 3. The fraction of sp³-hybridized carbons (Fsp3) is 0.632. The molecule has 0 N–H and O–H groups in total. The minimum Gasteiger partial charge on any atom is -0.465 e. The Bertz CT molecular complexity index is 634. The van der Waals surface area contributed by atoms with Crippen LogP contribution in [0, 0.1) is 12.8 Å². The summed E-state index contributed by atoms with van der Waals surface area (Å²) in [4.78, 5) is 14.2. The monoisotopic (exact) mass is 333 g/mol. The Morgan fingerprint density at radius 1 is 1.21 bits per heavy atom. The molecule has 1 aromatic rings. The predicted octanol–water partition coefficient (Wildman–Crippen LogP) is 3.39. The molecular formula is C19H27NO4. The number of carbonyl (C=O) groups excluding carboxylic acids is 1. The van der Waals surface area contributed by atoms with Gasteiger partial charge in [0.25, 0.3) is 5.79 Å². The van der Waals surface area contributed by atoms with Gasteiger partial charge in [0, 0.05) is 24.4 Å². The maximum absolute atomic E-state index is 11.9. The first-order chi connectivity index (χ1) is 11.4. The average molecular weight is 333 g/mol. The summed E-state index contributed by atoms with van der Waals surface area (Å²) in [5.74, 6) is 0.743. The van der Waals surface area contributed by atoms with Gasteiger partial charge < -0.3 is 19.1 Å². The SMILES string of the molecule is COC(=O)c1ccc2c(c1C)OC(C)(C1CCC(N(C)C)CC1)O2. The van der Waals surface area contributed by atoms with E-state index in [0.717, 1.165) is 37.0 Å². The first-order valence-electron chi connectivity index (χ1n) is 8.62. The van der Waals surface area contributed by atoms with E-state index >= 15 is 0 Å². The number of ether oxygens (including phenoxy) is 3. The van der Waals surface area contributed by atoms with Gasteiger partial charge in [-0.3, -0.25) is 0 Å². The molecule has 1 atom stereocenters. The largest absolute Gasteiger partial charge is 0.465 e. The zero-order valence-corrected chi connectivity index (χ0v) is 15.2. The van der Waals surface area contributed by atoms with Crippen molar-refractivity contribution in [3.8, 4) is 11.5 Å². The summed E-state index contributed by atoms with van der Waals surface area (Å²) in [6.07, 6.45) is 4.47. The Morgan fingerprint density at radius 3 is 2.46 bits per heavy atom. The molecule has 1 aliphatic heterocycles. The highest BCUT2D eigenvalue weighted by molar-refractivity contribution is 5.92. The molecule has 0 amide bonds. The number of nitrogens with zero attached hydrogens (tertiary/aromatic N) is 1. The molecule has 2 aliphatic rings. The van der Waals surface area contributed by atoms with Crippen LogP contribution in [0.1, 0.15) is 48.5 Å². The summed E-state index contributed by atoms with van der Waals surface area (Å²) in [7, 11) is 5.67. The minimum absolute atomic E-state index is 0.348. The fourth-order valence-electron chi connectivity index (χ4n) is 3.93. The highest BCUT2D eigenvalue weighted by Crippen LogP contribution is 2.48. The second-order valence-corrected chi connectivity index (χ2v) is 7.25. The molecule has 24 heavy (non-hydrogen) atoms. The van der Waals surface area contributed by atoms with Crippen LogP contribution in [0.2, 0.25) is 0 Å². The van der Waals surface area contributed by atoms with E-state index in [2.05, 4.69) is 19.0 Å². The van der Waals surface area contributed by atoms with E-state index in [1.165, 1.54) is 7.11 Å². The van der Waals surface area contributed by atoms with Crippen molar-refractivity contribution in [2.45, 2.75) is 51.4 Å². The van der Waals surface area contributed by atoms with Gasteiger partial charge in [0.2, 0.25) is 0 Å². The Balaban J connectivity index is 1.78. The van der Waals surface area contributed by atoms with Crippen molar-refractivity contribution in [1.29, 1.82) is 0 Å². The van der Waals surface area contributed by atoms with E-state index in [1.54, 1.807) is 6.07 Å². The third-order valence-electron chi connectivity index (χ3n) is 5.56. The molecule has 1 unspecified atom stereocenters. The lowest BCUT2D eigenvalue weighted by molar-refractivity contribution is -0.123. The lowest BCUT2D eigenvalue weighted by Gasteiger charge is -2.39. The summed E-state index contributed by atoms with van der Waals surface area (Å²) in [6.45, 7) is 3.90. The first kappa shape index (κ1) is 17.1. The van der Waals surface area contributed by atoms with Crippen LogP contribution in [0.25, 0.3) is 0 Å². The molecule has 1 aliphatic carbocycles. The summed E-state index contributed by atoms with van der Waals surface area (Å²) < 4.78 is 17.3. The maximum Gasteiger partial charge on any atom is 0.338 e. The van der Waals surface area contributed by atoms with Crippen LogP contribution < -0.4 is 9.47 Å². The van der Waals surface area contributed by atoms with Crippen LogP contribution in [0.5, 0.6) is 11.5 Å². The molecule has 0 saturated heterocycles. The highest BCUT2D eigenvalue weighted by Gasteiger charge is 2.46. The van der Waals surface area contributed by atoms with Crippen molar-refractivity contribution in [1.82, 2.24) is 4.90 Å². The van der Waals surface area contributed by atoms with Crippen LogP contribution in [0.15, 0.2) is 12.1 Å². The van der Waals surface area contributed by atoms with Gasteiger partial charge in [-0.2, -0.15) is 0 Å². The van der Waals surface area contributed by atoms with Crippen molar-refractivity contribution in [2.75, 3.05) is 21.2 Å². The van der Waals surface area contributed by atoms with Gasteiger partial charge in [-0.1, -0.05) is 0 Å². The molecule has 0 aromatic heterocycles. The molecule has 5 heteroatoms. The lowest BCUT2D eigenvalue weighted by atomic mass is 9.81. The lowest BCUT2D eigenvalue weighted by Crippen LogP contribution is -2.46. The van der Waals surface area contributed by atoms with Crippen LogP contribution in [-0.4, -0.2) is 43.9 Å². The van der Waals surface area contributed by atoms with Crippen LogP contribution >= 0.6 is 0 Å². The normalized spacial score (nSPS) is 28.9. The van der Waals surface area contributed by atoms with E-state index < -0.39 is 5.79 Å². The summed E-state index contributed by atoms with van der Waals surface area (Å²) in [5, 5.41) is 0. The number of benzene rings is 1. The van der Waals surface area contributed by atoms with Crippen LogP contribution in [-0.2, 0) is 4.74 Å². The van der Waals surface area contributed by atoms with Crippen molar-refractivity contribution in [2.24, 2.45) is 5.92 Å². The molecule has 132 valence electrons. The Kier molecular flexibility index (Phi) is 4.47. The maximum atomic E-state index is 11.9. The standard InChI is InChI=1S/C19H27NO4/c1-12-15(18(21)22-5)10-11-16-17(12)24-19(2,23-16)13-6-8-14(9-7-13)20(3)4/h10-11,13-14H,6-9H2,1-5H3. The molecule has 1 aromatic carbocycles. The second kappa shape index (κ2) is 6.28. The van der Waals surface area contributed by atoms with Gasteiger partial charge in [-0.05, 0) is 58.8 Å². The first-order valence-corrected chi connectivity index (χ1v) is 8.62. The van der Waals surface area contributed by atoms with Crippen LogP contribution in [0.4, 0.5) is 0 Å². The molecular weight excluding hydrogens is 306 g/mol. The summed E-state index contributed by atoms with van der Waals surface area (Å²) in [6, 6.07) is 4.20. The topological polar surface area (TPSA) is 48.0 Å². The highest BCUT2D eigenvalue weighted by atomic mass is 16.7. The predicted molar refractivity (Wildman–Crippen MR) is 91.6 cm³/mol. The van der Waals surface area contributed by atoms with E-state index in [9.17, 15) is 4.79 Å². The van der Waals surface area contributed by atoms with Gasteiger partial charge >= 0.3 is 5.97 Å². The molecule has 3 rings (SSSR count). The number of esters is 1. The van der Waals surface area contributed by atoms with E-state index in [1.807, 2.05) is 19.9 Å². The van der Waals surface area contributed by atoms with Gasteiger partial charge in [0.05, 0.1) is 12.7 Å². The average Bonchev–Trinajstić information content (AvgIpc) is 2.93. The molecule has 5 nitrogen and oxygen atoms in total. The Hall–Kier alpha value is -1.75. The molecule has 1 fully saturated rings.